The number of anilines is 1. The van der Waals surface area contributed by atoms with E-state index in [0.29, 0.717) is 24.1 Å². The highest BCUT2D eigenvalue weighted by Crippen LogP contribution is 2.15. The Kier molecular flexibility index (Phi) is 4.42. The Hall–Kier alpha value is -2.95. The van der Waals surface area contributed by atoms with E-state index in [2.05, 4.69) is 15.3 Å². The minimum atomic E-state index is -0.104. The van der Waals surface area contributed by atoms with Gasteiger partial charge < -0.3 is 10.3 Å². The van der Waals surface area contributed by atoms with Crippen LogP contribution in [0.4, 0.5) is 5.69 Å². The summed E-state index contributed by atoms with van der Waals surface area (Å²) >= 11 is 0. The summed E-state index contributed by atoms with van der Waals surface area (Å²) < 4.78 is 0. The molecule has 0 aliphatic heterocycles. The maximum absolute atomic E-state index is 12.1. The summed E-state index contributed by atoms with van der Waals surface area (Å²) in [4.78, 5) is 31.2. The number of carbonyl (C=O) groups is 2. The fourth-order valence-electron chi connectivity index (χ4n) is 2.57. The van der Waals surface area contributed by atoms with Crippen LogP contribution in [-0.4, -0.2) is 21.7 Å². The molecule has 3 rings (SSSR count). The highest BCUT2D eigenvalue weighted by atomic mass is 16.1. The second kappa shape index (κ2) is 6.66. The Bertz CT molecular complexity index is 912. The number of rotatable bonds is 5. The van der Waals surface area contributed by atoms with Gasteiger partial charge in [0.25, 0.3) is 0 Å². The molecule has 2 aromatic carbocycles. The molecule has 2 N–H and O–H groups in total. The van der Waals surface area contributed by atoms with Crippen molar-refractivity contribution in [3.05, 3.63) is 59.4 Å². The third-order valence-corrected chi connectivity index (χ3v) is 3.83. The number of imidazole rings is 1. The van der Waals surface area contributed by atoms with Gasteiger partial charge in [0.15, 0.2) is 5.78 Å². The lowest BCUT2D eigenvalue weighted by molar-refractivity contribution is -0.116. The van der Waals surface area contributed by atoms with E-state index < -0.39 is 0 Å². The number of carbonyl (C=O) groups excluding carboxylic acids is 2. The molecule has 0 saturated heterocycles. The summed E-state index contributed by atoms with van der Waals surface area (Å²) in [5.41, 5.74) is 4.28. The van der Waals surface area contributed by atoms with Crippen molar-refractivity contribution in [3.8, 4) is 0 Å². The first-order valence-electron chi connectivity index (χ1n) is 7.87. The molecule has 0 spiro atoms. The van der Waals surface area contributed by atoms with Gasteiger partial charge >= 0.3 is 0 Å². The lowest BCUT2D eigenvalue weighted by Gasteiger charge is -2.05. The minimum absolute atomic E-state index is 0.0244. The summed E-state index contributed by atoms with van der Waals surface area (Å²) in [6.45, 7) is 3.53. The predicted molar refractivity (Wildman–Crippen MR) is 94.2 cm³/mol. The summed E-state index contributed by atoms with van der Waals surface area (Å²) in [6.07, 6.45) is 0.856. The number of H-pyrrole nitrogens is 1. The van der Waals surface area contributed by atoms with E-state index in [9.17, 15) is 9.59 Å². The molecule has 1 heterocycles. The number of Topliss-reactive ketones (excluding diaryl/α,β-unsaturated/α-hetero) is 1. The van der Waals surface area contributed by atoms with Gasteiger partial charge in [0.05, 0.1) is 11.0 Å². The van der Waals surface area contributed by atoms with Crippen molar-refractivity contribution in [2.24, 2.45) is 0 Å². The Morgan fingerprint density at radius 1 is 1.17 bits per heavy atom. The molecule has 5 nitrogen and oxygen atoms in total. The zero-order chi connectivity index (χ0) is 17.1. The fraction of sp³-hybridized carbons (Fsp3) is 0.211. The Labute approximate surface area is 140 Å². The molecule has 0 saturated carbocycles. The van der Waals surface area contributed by atoms with Crippen LogP contribution in [0.3, 0.4) is 0 Å². The van der Waals surface area contributed by atoms with Crippen LogP contribution in [0, 0.1) is 6.92 Å². The van der Waals surface area contributed by atoms with E-state index in [0.717, 1.165) is 16.9 Å². The van der Waals surface area contributed by atoms with Gasteiger partial charge in [-0.25, -0.2) is 4.98 Å². The van der Waals surface area contributed by atoms with E-state index in [-0.39, 0.29) is 11.7 Å². The van der Waals surface area contributed by atoms with E-state index in [1.165, 1.54) is 12.5 Å². The first-order chi connectivity index (χ1) is 11.5. The zero-order valence-electron chi connectivity index (χ0n) is 13.7. The smallest absolute Gasteiger partial charge is 0.224 e. The Morgan fingerprint density at radius 3 is 2.79 bits per heavy atom. The maximum Gasteiger partial charge on any atom is 0.224 e. The Morgan fingerprint density at radius 2 is 2.00 bits per heavy atom. The van der Waals surface area contributed by atoms with Crippen LogP contribution in [0.5, 0.6) is 0 Å². The molecule has 24 heavy (non-hydrogen) atoms. The number of nitrogens with one attached hydrogen (secondary N) is 2. The topological polar surface area (TPSA) is 74.8 Å². The molecule has 122 valence electrons. The molecular formula is C19H19N3O2. The molecule has 1 amide bonds. The van der Waals surface area contributed by atoms with E-state index in [1.807, 2.05) is 25.1 Å². The van der Waals surface area contributed by atoms with E-state index in [4.69, 9.17) is 0 Å². The minimum Gasteiger partial charge on any atom is -0.342 e. The van der Waals surface area contributed by atoms with Gasteiger partial charge in [-0.1, -0.05) is 18.2 Å². The molecule has 1 aromatic heterocycles. The summed E-state index contributed by atoms with van der Waals surface area (Å²) in [5, 5.41) is 2.82. The average molecular weight is 321 g/mol. The van der Waals surface area contributed by atoms with Gasteiger partial charge in [-0.15, -0.1) is 0 Å². The van der Waals surface area contributed by atoms with Gasteiger partial charge in [0.2, 0.25) is 5.91 Å². The zero-order valence-corrected chi connectivity index (χ0v) is 13.7. The van der Waals surface area contributed by atoms with Crippen LogP contribution in [-0.2, 0) is 11.2 Å². The molecule has 0 radical (unpaired) electrons. The summed E-state index contributed by atoms with van der Waals surface area (Å²) in [7, 11) is 0. The average Bonchev–Trinajstić information content (AvgIpc) is 2.95. The monoisotopic (exact) mass is 321 g/mol. The lowest BCUT2D eigenvalue weighted by atomic mass is 10.1. The standard InChI is InChI=1S/C19H19N3O2/c1-12-6-7-16-17(10-12)22-18(21-16)8-9-19(24)20-15-5-3-4-14(11-15)13(2)23/h3-7,10-11H,8-9H2,1-2H3,(H,20,24)(H,21,22). The van der Waals surface area contributed by atoms with Crippen LogP contribution >= 0.6 is 0 Å². The van der Waals surface area contributed by atoms with Crippen molar-refractivity contribution in [2.75, 3.05) is 5.32 Å². The summed E-state index contributed by atoms with van der Waals surface area (Å²) in [6, 6.07) is 13.0. The second-order valence-electron chi connectivity index (χ2n) is 5.89. The summed E-state index contributed by atoms with van der Waals surface area (Å²) in [5.74, 6) is 0.666. The van der Waals surface area contributed by atoms with Gasteiger partial charge in [-0.2, -0.15) is 0 Å². The van der Waals surface area contributed by atoms with Crippen molar-refractivity contribution in [1.29, 1.82) is 0 Å². The van der Waals surface area contributed by atoms with Crippen molar-refractivity contribution < 1.29 is 9.59 Å². The lowest BCUT2D eigenvalue weighted by Crippen LogP contribution is -2.13. The largest absolute Gasteiger partial charge is 0.342 e. The van der Waals surface area contributed by atoms with Crippen LogP contribution in [0.15, 0.2) is 42.5 Å². The highest BCUT2D eigenvalue weighted by molar-refractivity contribution is 5.97. The first kappa shape index (κ1) is 15.9. The number of hydrogen-bond acceptors (Lipinski definition) is 3. The number of benzene rings is 2. The number of ketones is 1. The van der Waals surface area contributed by atoms with Crippen molar-refractivity contribution in [3.63, 3.8) is 0 Å². The molecule has 0 atom stereocenters. The van der Waals surface area contributed by atoms with E-state index in [1.54, 1.807) is 24.3 Å². The molecular weight excluding hydrogens is 302 g/mol. The maximum atomic E-state index is 12.1. The molecule has 5 heteroatoms. The number of nitrogens with zero attached hydrogens (tertiary/aromatic N) is 1. The molecule has 3 aromatic rings. The van der Waals surface area contributed by atoms with Crippen LogP contribution in [0.1, 0.15) is 35.1 Å². The molecule has 0 unspecified atom stereocenters. The number of aromatic amines is 1. The van der Waals surface area contributed by atoms with Gasteiger partial charge in [0.1, 0.15) is 5.82 Å². The van der Waals surface area contributed by atoms with E-state index >= 15 is 0 Å². The normalized spacial score (nSPS) is 10.8. The quantitative estimate of drug-likeness (QED) is 0.704. The van der Waals surface area contributed by atoms with Crippen molar-refractivity contribution in [2.45, 2.75) is 26.7 Å². The number of aryl methyl sites for hydroxylation is 2. The second-order valence-corrected chi connectivity index (χ2v) is 5.89. The van der Waals surface area contributed by atoms with Gasteiger partial charge in [-0.3, -0.25) is 9.59 Å². The van der Waals surface area contributed by atoms with Gasteiger partial charge in [-0.05, 0) is 43.7 Å². The number of aromatic nitrogens is 2. The van der Waals surface area contributed by atoms with Gasteiger partial charge in [0, 0.05) is 24.1 Å². The molecule has 0 bridgehead atoms. The SMILES string of the molecule is CC(=O)c1cccc(NC(=O)CCc2nc3ccc(C)cc3[nH]2)c1. The fourth-order valence-corrected chi connectivity index (χ4v) is 2.57. The van der Waals surface area contributed by atoms with Crippen LogP contribution in [0.25, 0.3) is 11.0 Å². The van der Waals surface area contributed by atoms with Crippen LogP contribution < -0.4 is 5.32 Å². The number of amides is 1. The number of fused-ring (bicyclic) bond motifs is 1. The predicted octanol–water partition coefficient (Wildman–Crippen LogP) is 3.65. The van der Waals surface area contributed by atoms with Crippen molar-refractivity contribution >= 4 is 28.4 Å². The number of hydrogen-bond donors (Lipinski definition) is 2. The first-order valence-corrected chi connectivity index (χ1v) is 7.87. The Balaban J connectivity index is 1.62. The molecule has 0 aliphatic carbocycles. The molecule has 0 fully saturated rings. The third kappa shape index (κ3) is 3.68. The van der Waals surface area contributed by atoms with Crippen molar-refractivity contribution in [1.82, 2.24) is 9.97 Å². The highest BCUT2D eigenvalue weighted by Gasteiger charge is 2.08. The molecule has 0 aliphatic rings. The third-order valence-electron chi connectivity index (χ3n) is 3.83. The van der Waals surface area contributed by atoms with Crippen LogP contribution in [0.2, 0.25) is 0 Å².